The smallest absolute Gasteiger partial charge is 0.254 e. The maximum absolute atomic E-state index is 12.1. The van der Waals surface area contributed by atoms with Crippen LogP contribution >= 0.6 is 23.2 Å². The first-order valence-corrected chi connectivity index (χ1v) is 11.7. The fourth-order valence-corrected chi connectivity index (χ4v) is 4.20. The largest absolute Gasteiger partial charge is 0.495 e. The van der Waals surface area contributed by atoms with Gasteiger partial charge in [-0.1, -0.05) is 35.3 Å². The summed E-state index contributed by atoms with van der Waals surface area (Å²) in [4.78, 5) is 14.5. The summed E-state index contributed by atoms with van der Waals surface area (Å²) < 4.78 is 11.0. The van der Waals surface area contributed by atoms with E-state index in [9.17, 15) is 9.90 Å². The molecule has 0 spiro atoms. The Kier molecular flexibility index (Phi) is 9.23. The first-order valence-electron chi connectivity index (χ1n) is 11.0. The molecule has 180 valence electrons. The summed E-state index contributed by atoms with van der Waals surface area (Å²) in [6.45, 7) is 3.85. The molecule has 3 rings (SSSR count). The Hall–Kier alpha value is -2.03. The van der Waals surface area contributed by atoms with Gasteiger partial charge in [0.05, 0.1) is 23.3 Å². The van der Waals surface area contributed by atoms with Crippen LogP contribution in [0.4, 0.5) is 0 Å². The average molecular weight is 496 g/mol. The molecule has 0 aliphatic carbocycles. The molecule has 2 aromatic carbocycles. The van der Waals surface area contributed by atoms with E-state index >= 15 is 0 Å². The molecule has 0 radical (unpaired) electrons. The molecule has 0 unspecified atom stereocenters. The van der Waals surface area contributed by atoms with Crippen molar-refractivity contribution in [3.05, 3.63) is 57.6 Å². The van der Waals surface area contributed by atoms with Crippen LogP contribution in [0.15, 0.2) is 36.4 Å². The predicted octanol–water partition coefficient (Wildman–Crippen LogP) is 3.36. The number of amides is 1. The number of carbonyl (C=O) groups excluding carboxylic acids is 1. The molecule has 1 heterocycles. The minimum Gasteiger partial charge on any atom is -0.495 e. The molecule has 9 heteroatoms. The molecule has 1 saturated heterocycles. The molecular weight excluding hydrogens is 465 g/mol. The van der Waals surface area contributed by atoms with Crippen LogP contribution in [0.5, 0.6) is 11.5 Å². The second-order valence-electron chi connectivity index (χ2n) is 8.21. The monoisotopic (exact) mass is 495 g/mol. The van der Waals surface area contributed by atoms with E-state index < -0.39 is 5.60 Å². The van der Waals surface area contributed by atoms with Gasteiger partial charge in [-0.05, 0) is 36.6 Å². The van der Waals surface area contributed by atoms with Crippen molar-refractivity contribution in [3.8, 4) is 11.5 Å². The molecule has 2 aromatic rings. The number of benzene rings is 2. The van der Waals surface area contributed by atoms with Crippen molar-refractivity contribution < 1.29 is 19.4 Å². The second-order valence-corrected chi connectivity index (χ2v) is 9.06. The molecule has 0 atom stereocenters. The Morgan fingerprint density at radius 3 is 2.48 bits per heavy atom. The lowest BCUT2D eigenvalue weighted by atomic mass is 9.91. The van der Waals surface area contributed by atoms with Gasteiger partial charge in [-0.2, -0.15) is 0 Å². The van der Waals surface area contributed by atoms with E-state index in [4.69, 9.17) is 32.7 Å². The third kappa shape index (κ3) is 7.22. The number of nitrogens with zero attached hydrogens (tertiary/aromatic N) is 1. The fraction of sp³-hybridized carbons (Fsp3) is 0.458. The number of hydrogen-bond acceptors (Lipinski definition) is 6. The number of piperidine rings is 1. The molecular formula is C24H31Cl2N3O4. The summed E-state index contributed by atoms with van der Waals surface area (Å²) in [5.41, 5.74) is 0.817. The number of nitrogens with one attached hydrogen (secondary N) is 2. The lowest BCUT2D eigenvalue weighted by Gasteiger charge is -2.38. The van der Waals surface area contributed by atoms with Crippen molar-refractivity contribution in [2.45, 2.75) is 25.0 Å². The van der Waals surface area contributed by atoms with Crippen LogP contribution in [0.25, 0.3) is 0 Å². The molecule has 3 N–H and O–H groups in total. The fourth-order valence-electron chi connectivity index (χ4n) is 3.83. The van der Waals surface area contributed by atoms with E-state index in [1.54, 1.807) is 13.1 Å². The Morgan fingerprint density at radius 2 is 1.85 bits per heavy atom. The zero-order chi connectivity index (χ0) is 23.8. The van der Waals surface area contributed by atoms with Crippen molar-refractivity contribution in [2.75, 3.05) is 46.9 Å². The van der Waals surface area contributed by atoms with Gasteiger partial charge >= 0.3 is 0 Å². The molecule has 0 saturated carbocycles. The summed E-state index contributed by atoms with van der Waals surface area (Å²) in [6.07, 6.45) is 1.40. The summed E-state index contributed by atoms with van der Waals surface area (Å²) in [7, 11) is 3.06. The molecule has 7 nitrogen and oxygen atoms in total. The van der Waals surface area contributed by atoms with E-state index in [1.807, 2.05) is 24.3 Å². The second kappa shape index (κ2) is 11.9. The maximum Gasteiger partial charge on any atom is 0.254 e. The van der Waals surface area contributed by atoms with E-state index in [2.05, 4.69) is 15.5 Å². The lowest BCUT2D eigenvalue weighted by Crippen LogP contribution is -2.50. The van der Waals surface area contributed by atoms with Crippen LogP contribution in [0.2, 0.25) is 10.0 Å². The first kappa shape index (κ1) is 25.6. The molecule has 1 aliphatic rings. The van der Waals surface area contributed by atoms with Crippen LogP contribution < -0.4 is 20.1 Å². The number of hydrogen-bond donors (Lipinski definition) is 3. The number of aliphatic hydroxyl groups is 1. The Labute approximate surface area is 205 Å². The normalized spacial score (nSPS) is 15.8. The number of halogens is 2. The molecule has 0 aromatic heterocycles. The zero-order valence-corrected chi connectivity index (χ0v) is 20.5. The van der Waals surface area contributed by atoms with Crippen molar-refractivity contribution in [1.82, 2.24) is 15.5 Å². The lowest BCUT2D eigenvalue weighted by molar-refractivity contribution is -0.0219. The minimum absolute atomic E-state index is 0.290. The van der Waals surface area contributed by atoms with Gasteiger partial charge in [0.1, 0.15) is 18.1 Å². The highest BCUT2D eigenvalue weighted by atomic mass is 35.5. The topological polar surface area (TPSA) is 83.1 Å². The van der Waals surface area contributed by atoms with Gasteiger partial charge in [-0.15, -0.1) is 0 Å². The highest BCUT2D eigenvalue weighted by Crippen LogP contribution is 2.32. The van der Waals surface area contributed by atoms with E-state index in [0.29, 0.717) is 54.6 Å². The molecule has 1 amide bonds. The first-order chi connectivity index (χ1) is 15.8. The van der Waals surface area contributed by atoms with Gasteiger partial charge in [0.2, 0.25) is 0 Å². The van der Waals surface area contributed by atoms with E-state index in [1.165, 1.54) is 18.7 Å². The minimum atomic E-state index is -0.743. The summed E-state index contributed by atoms with van der Waals surface area (Å²) in [5, 5.41) is 17.9. The molecule has 1 fully saturated rings. The van der Waals surface area contributed by atoms with Crippen LogP contribution in [0.3, 0.4) is 0 Å². The van der Waals surface area contributed by atoms with Gasteiger partial charge in [-0.3, -0.25) is 9.69 Å². The quantitative estimate of drug-likeness (QED) is 0.438. The van der Waals surface area contributed by atoms with Crippen LogP contribution in [0.1, 0.15) is 28.8 Å². The molecule has 33 heavy (non-hydrogen) atoms. The number of carbonyl (C=O) groups is 1. The number of methoxy groups -OCH3 is 1. The highest BCUT2D eigenvalue weighted by Gasteiger charge is 2.31. The predicted molar refractivity (Wildman–Crippen MR) is 131 cm³/mol. The Bertz CT molecular complexity index is 932. The van der Waals surface area contributed by atoms with Gasteiger partial charge in [0, 0.05) is 50.9 Å². The van der Waals surface area contributed by atoms with Gasteiger partial charge in [-0.25, -0.2) is 0 Å². The van der Waals surface area contributed by atoms with Gasteiger partial charge in [0.15, 0.2) is 0 Å². The van der Waals surface area contributed by atoms with Crippen LogP contribution in [-0.2, 0) is 6.54 Å². The van der Waals surface area contributed by atoms with Crippen LogP contribution in [-0.4, -0.2) is 68.5 Å². The summed E-state index contributed by atoms with van der Waals surface area (Å²) >= 11 is 12.1. The summed E-state index contributed by atoms with van der Waals surface area (Å²) in [5.74, 6) is 0.542. The molecule has 0 bridgehead atoms. The Morgan fingerprint density at radius 1 is 1.15 bits per heavy atom. The number of likely N-dealkylation sites (tertiary alicyclic amines) is 1. The van der Waals surface area contributed by atoms with Gasteiger partial charge in [0.25, 0.3) is 5.91 Å². The standard InChI is InChI=1S/C24H31Cl2N3O4/c1-27-23(30)19-13-20(26)22(32-2)14-21(19)33-12-9-28-16-24(31)7-10-29(11-8-24)15-17-3-5-18(25)6-4-17/h3-6,13-14,28,31H,7-12,15-16H2,1-2H3,(H,27,30). The van der Waals surface area contributed by atoms with Crippen molar-refractivity contribution >= 4 is 29.1 Å². The third-order valence-electron chi connectivity index (χ3n) is 5.82. The highest BCUT2D eigenvalue weighted by molar-refractivity contribution is 6.32. The zero-order valence-electron chi connectivity index (χ0n) is 19.0. The maximum atomic E-state index is 12.1. The van der Waals surface area contributed by atoms with Crippen molar-refractivity contribution in [1.29, 1.82) is 0 Å². The SMILES string of the molecule is CNC(=O)c1cc(Cl)c(OC)cc1OCCNCC1(O)CCN(Cc2ccc(Cl)cc2)CC1. The van der Waals surface area contributed by atoms with E-state index in [-0.39, 0.29) is 5.91 Å². The van der Waals surface area contributed by atoms with E-state index in [0.717, 1.165) is 24.7 Å². The summed E-state index contributed by atoms with van der Waals surface area (Å²) in [6, 6.07) is 11.0. The Balaban J connectivity index is 1.43. The third-order valence-corrected chi connectivity index (χ3v) is 6.37. The number of rotatable bonds is 10. The van der Waals surface area contributed by atoms with Crippen molar-refractivity contribution in [3.63, 3.8) is 0 Å². The average Bonchev–Trinajstić information content (AvgIpc) is 2.82. The van der Waals surface area contributed by atoms with Crippen LogP contribution in [0, 0.1) is 0 Å². The van der Waals surface area contributed by atoms with Crippen molar-refractivity contribution in [2.24, 2.45) is 0 Å². The molecule has 1 aliphatic heterocycles. The van der Waals surface area contributed by atoms with Gasteiger partial charge < -0.3 is 25.2 Å². The number of ether oxygens (including phenoxy) is 2.